The highest BCUT2D eigenvalue weighted by molar-refractivity contribution is 5.76. The second-order valence-electron chi connectivity index (χ2n) is 8.82. The summed E-state index contributed by atoms with van der Waals surface area (Å²) in [6.07, 6.45) is 7.56. The molecule has 1 aromatic carbocycles. The fourth-order valence-corrected chi connectivity index (χ4v) is 5.02. The molecule has 5 rings (SSSR count). The lowest BCUT2D eigenvalue weighted by atomic mass is 9.72. The van der Waals surface area contributed by atoms with Crippen molar-refractivity contribution >= 4 is 5.91 Å². The molecule has 7 nitrogen and oxygen atoms in total. The van der Waals surface area contributed by atoms with Gasteiger partial charge >= 0.3 is 0 Å². The van der Waals surface area contributed by atoms with Gasteiger partial charge in [0, 0.05) is 56.1 Å². The number of carbonyl (C=O) groups is 1. The zero-order chi connectivity index (χ0) is 21.8. The summed E-state index contributed by atoms with van der Waals surface area (Å²) in [4.78, 5) is 19.1. The fourth-order valence-electron chi connectivity index (χ4n) is 5.02. The standard InChI is InChI=1S/C25H28N4O3/c30-22(8-4-7-19-5-2-1-3-6-19)29-17-21(25(18-29)11-15-31-16-12-25)24-28-27-23(32-24)20-9-13-26-14-10-20/h1-3,5-6,9-10,13-14,21H,4,7-8,11-12,15-18H2. The molecule has 0 bridgehead atoms. The third-order valence-corrected chi connectivity index (χ3v) is 6.85. The van der Waals surface area contributed by atoms with Crippen LogP contribution in [-0.2, 0) is 16.0 Å². The Kier molecular flexibility index (Phi) is 5.99. The summed E-state index contributed by atoms with van der Waals surface area (Å²) in [5.74, 6) is 1.37. The van der Waals surface area contributed by atoms with Gasteiger partial charge in [-0.3, -0.25) is 9.78 Å². The molecule has 2 aliphatic heterocycles. The van der Waals surface area contributed by atoms with Crippen molar-refractivity contribution in [1.82, 2.24) is 20.1 Å². The van der Waals surface area contributed by atoms with Crippen LogP contribution in [0, 0.1) is 5.41 Å². The summed E-state index contributed by atoms with van der Waals surface area (Å²) in [5.41, 5.74) is 2.07. The highest BCUT2D eigenvalue weighted by Gasteiger charge is 2.51. The number of hydrogen-bond donors (Lipinski definition) is 0. The summed E-state index contributed by atoms with van der Waals surface area (Å²) in [7, 11) is 0. The minimum absolute atomic E-state index is 0.0348. The smallest absolute Gasteiger partial charge is 0.247 e. The van der Waals surface area contributed by atoms with E-state index < -0.39 is 0 Å². The van der Waals surface area contributed by atoms with Crippen molar-refractivity contribution in [2.75, 3.05) is 26.3 Å². The first kappa shape index (κ1) is 20.8. The number of pyridine rings is 1. The summed E-state index contributed by atoms with van der Waals surface area (Å²) in [6.45, 7) is 2.77. The van der Waals surface area contributed by atoms with Gasteiger partial charge in [-0.05, 0) is 43.4 Å². The van der Waals surface area contributed by atoms with E-state index in [1.807, 2.05) is 35.2 Å². The van der Waals surface area contributed by atoms with E-state index in [9.17, 15) is 4.79 Å². The van der Waals surface area contributed by atoms with E-state index in [1.54, 1.807) is 12.4 Å². The second kappa shape index (κ2) is 9.20. The Balaban J connectivity index is 1.30. The first-order chi connectivity index (χ1) is 15.7. The van der Waals surface area contributed by atoms with E-state index in [0.717, 1.165) is 37.8 Å². The van der Waals surface area contributed by atoms with Gasteiger partial charge in [-0.15, -0.1) is 10.2 Å². The van der Waals surface area contributed by atoms with Gasteiger partial charge in [0.25, 0.3) is 0 Å². The van der Waals surface area contributed by atoms with Crippen LogP contribution in [0.3, 0.4) is 0 Å². The summed E-state index contributed by atoms with van der Waals surface area (Å²) in [5, 5.41) is 8.69. The third-order valence-electron chi connectivity index (χ3n) is 6.85. The zero-order valence-electron chi connectivity index (χ0n) is 18.2. The van der Waals surface area contributed by atoms with Gasteiger partial charge in [-0.2, -0.15) is 0 Å². The maximum atomic E-state index is 13.1. The van der Waals surface area contributed by atoms with Crippen LogP contribution < -0.4 is 0 Å². The highest BCUT2D eigenvalue weighted by Crippen LogP contribution is 2.49. The Labute approximate surface area is 187 Å². The van der Waals surface area contributed by atoms with Crippen LogP contribution in [0.1, 0.15) is 43.1 Å². The second-order valence-corrected chi connectivity index (χ2v) is 8.82. The normalized spacial score (nSPS) is 20.0. The number of rotatable bonds is 6. The molecule has 166 valence electrons. The van der Waals surface area contributed by atoms with Crippen molar-refractivity contribution in [1.29, 1.82) is 0 Å². The van der Waals surface area contributed by atoms with E-state index in [2.05, 4.69) is 27.3 Å². The molecule has 2 fully saturated rings. The maximum Gasteiger partial charge on any atom is 0.247 e. The first-order valence-electron chi connectivity index (χ1n) is 11.4. The SMILES string of the molecule is O=C(CCCc1ccccc1)N1CC(c2nnc(-c3ccncc3)o2)C2(CCOCC2)C1. The molecule has 1 atom stereocenters. The lowest BCUT2D eigenvalue weighted by Crippen LogP contribution is -2.37. The largest absolute Gasteiger partial charge is 0.420 e. The van der Waals surface area contributed by atoms with Crippen LogP contribution >= 0.6 is 0 Å². The van der Waals surface area contributed by atoms with Crippen LogP contribution in [0.5, 0.6) is 0 Å². The number of nitrogens with zero attached hydrogens (tertiary/aromatic N) is 4. The molecule has 2 aliphatic rings. The van der Waals surface area contributed by atoms with Crippen LogP contribution in [0.25, 0.3) is 11.5 Å². The van der Waals surface area contributed by atoms with E-state index in [1.165, 1.54) is 5.56 Å². The molecule has 2 aromatic heterocycles. The van der Waals surface area contributed by atoms with Crippen LogP contribution in [0.2, 0.25) is 0 Å². The number of benzene rings is 1. The van der Waals surface area contributed by atoms with Gasteiger partial charge in [-0.25, -0.2) is 0 Å². The summed E-state index contributed by atoms with van der Waals surface area (Å²) < 4.78 is 11.8. The summed E-state index contributed by atoms with van der Waals surface area (Å²) in [6, 6.07) is 14.1. The van der Waals surface area contributed by atoms with Gasteiger partial charge in [0.2, 0.25) is 17.7 Å². The summed E-state index contributed by atoms with van der Waals surface area (Å²) >= 11 is 0. The van der Waals surface area contributed by atoms with Crippen LogP contribution in [0.15, 0.2) is 59.3 Å². The Hall–Kier alpha value is -3.06. The monoisotopic (exact) mass is 432 g/mol. The number of aromatic nitrogens is 3. The molecule has 1 spiro atoms. The molecule has 2 saturated heterocycles. The molecule has 32 heavy (non-hydrogen) atoms. The number of ether oxygens (including phenoxy) is 1. The molecule has 0 radical (unpaired) electrons. The Morgan fingerprint density at radius 3 is 2.62 bits per heavy atom. The van der Waals surface area contributed by atoms with E-state index in [0.29, 0.717) is 38.0 Å². The predicted octanol–water partition coefficient (Wildman–Crippen LogP) is 3.88. The van der Waals surface area contributed by atoms with E-state index >= 15 is 0 Å². The van der Waals surface area contributed by atoms with Crippen molar-refractivity contribution in [3.05, 3.63) is 66.3 Å². The van der Waals surface area contributed by atoms with Crippen molar-refractivity contribution in [3.63, 3.8) is 0 Å². The minimum Gasteiger partial charge on any atom is -0.420 e. The Morgan fingerprint density at radius 1 is 1.06 bits per heavy atom. The van der Waals surface area contributed by atoms with Crippen molar-refractivity contribution < 1.29 is 13.9 Å². The zero-order valence-corrected chi connectivity index (χ0v) is 18.2. The first-order valence-corrected chi connectivity index (χ1v) is 11.4. The molecule has 3 aromatic rings. The molecular formula is C25H28N4O3. The highest BCUT2D eigenvalue weighted by atomic mass is 16.5. The maximum absolute atomic E-state index is 13.1. The molecule has 0 aliphatic carbocycles. The third kappa shape index (κ3) is 4.30. The van der Waals surface area contributed by atoms with Crippen LogP contribution in [0.4, 0.5) is 0 Å². The predicted molar refractivity (Wildman–Crippen MR) is 119 cm³/mol. The number of aryl methyl sites for hydroxylation is 1. The van der Waals surface area contributed by atoms with Crippen molar-refractivity contribution in [2.45, 2.75) is 38.0 Å². The minimum atomic E-state index is -0.0601. The number of amides is 1. The van der Waals surface area contributed by atoms with Gasteiger partial charge in [0.1, 0.15) is 0 Å². The number of carbonyl (C=O) groups excluding carboxylic acids is 1. The van der Waals surface area contributed by atoms with E-state index in [4.69, 9.17) is 9.15 Å². The lowest BCUT2D eigenvalue weighted by Gasteiger charge is -2.36. The Bertz CT molecular complexity index is 1030. The quantitative estimate of drug-likeness (QED) is 0.588. The van der Waals surface area contributed by atoms with Crippen molar-refractivity contribution in [2.24, 2.45) is 5.41 Å². The van der Waals surface area contributed by atoms with Crippen molar-refractivity contribution in [3.8, 4) is 11.5 Å². The van der Waals surface area contributed by atoms with E-state index in [-0.39, 0.29) is 17.2 Å². The topological polar surface area (TPSA) is 81.4 Å². The van der Waals surface area contributed by atoms with Crippen LogP contribution in [-0.4, -0.2) is 52.3 Å². The molecule has 7 heteroatoms. The molecule has 4 heterocycles. The van der Waals surface area contributed by atoms with Gasteiger partial charge in [-0.1, -0.05) is 30.3 Å². The average molecular weight is 433 g/mol. The van der Waals surface area contributed by atoms with Gasteiger partial charge in [0.05, 0.1) is 5.92 Å². The average Bonchev–Trinajstić information content (AvgIpc) is 3.46. The number of hydrogen-bond acceptors (Lipinski definition) is 6. The molecular weight excluding hydrogens is 404 g/mol. The molecule has 1 unspecified atom stereocenters. The molecule has 0 saturated carbocycles. The fraction of sp³-hybridized carbons (Fsp3) is 0.440. The lowest BCUT2D eigenvalue weighted by molar-refractivity contribution is -0.131. The molecule has 1 amide bonds. The Morgan fingerprint density at radius 2 is 1.84 bits per heavy atom. The van der Waals surface area contributed by atoms with Gasteiger partial charge in [0.15, 0.2) is 0 Å². The van der Waals surface area contributed by atoms with Gasteiger partial charge < -0.3 is 14.1 Å². The molecule has 0 N–H and O–H groups in total. The number of likely N-dealkylation sites (tertiary alicyclic amines) is 1.